The van der Waals surface area contributed by atoms with Gasteiger partial charge in [-0.15, -0.1) is 5.10 Å². The monoisotopic (exact) mass is 403 g/mol. The molecule has 0 aliphatic carbocycles. The van der Waals surface area contributed by atoms with Gasteiger partial charge in [0, 0.05) is 5.02 Å². The van der Waals surface area contributed by atoms with Gasteiger partial charge in [0.2, 0.25) is 11.1 Å². The number of methoxy groups -OCH3 is 1. The molecule has 1 heterocycles. The van der Waals surface area contributed by atoms with E-state index in [0.29, 0.717) is 21.6 Å². The summed E-state index contributed by atoms with van der Waals surface area (Å²) in [6.07, 6.45) is 0. The van der Waals surface area contributed by atoms with Gasteiger partial charge in [-0.2, -0.15) is 4.68 Å². The third-order valence-corrected chi connectivity index (χ3v) is 5.03. The average Bonchev–Trinajstić information content (AvgIpc) is 3.10. The molecule has 27 heavy (non-hydrogen) atoms. The second kappa shape index (κ2) is 8.41. The molecule has 1 amide bonds. The highest BCUT2D eigenvalue weighted by Gasteiger charge is 2.20. The van der Waals surface area contributed by atoms with Gasteiger partial charge >= 0.3 is 0 Å². The number of amides is 1. The van der Waals surface area contributed by atoms with Gasteiger partial charge in [-0.1, -0.05) is 35.5 Å². The fourth-order valence-corrected chi connectivity index (χ4v) is 3.38. The van der Waals surface area contributed by atoms with Crippen molar-refractivity contribution in [1.29, 1.82) is 0 Å². The molecule has 0 saturated carbocycles. The van der Waals surface area contributed by atoms with Crippen molar-refractivity contribution in [2.45, 2.75) is 24.3 Å². The van der Waals surface area contributed by atoms with E-state index in [9.17, 15) is 4.79 Å². The van der Waals surface area contributed by atoms with Crippen LogP contribution in [0.5, 0.6) is 5.75 Å². The summed E-state index contributed by atoms with van der Waals surface area (Å²) < 4.78 is 6.85. The first-order chi connectivity index (χ1) is 13.0. The van der Waals surface area contributed by atoms with Gasteiger partial charge in [-0.3, -0.25) is 4.79 Å². The molecule has 0 unspecified atom stereocenters. The molecule has 9 heteroatoms. The molecule has 140 valence electrons. The van der Waals surface area contributed by atoms with E-state index in [4.69, 9.17) is 16.3 Å². The molecule has 2 aromatic carbocycles. The van der Waals surface area contributed by atoms with Crippen molar-refractivity contribution in [3.8, 4) is 11.4 Å². The van der Waals surface area contributed by atoms with Crippen LogP contribution in [0.4, 0.5) is 5.69 Å². The molecule has 1 atom stereocenters. The second-order valence-corrected chi connectivity index (χ2v) is 7.55. The zero-order valence-corrected chi connectivity index (χ0v) is 16.6. The number of nitrogens with one attached hydrogen (secondary N) is 1. The molecule has 1 N–H and O–H groups in total. The van der Waals surface area contributed by atoms with Crippen molar-refractivity contribution >= 4 is 35.0 Å². The first kappa shape index (κ1) is 19.2. The highest BCUT2D eigenvalue weighted by atomic mass is 35.5. The van der Waals surface area contributed by atoms with Crippen molar-refractivity contribution in [3.05, 3.63) is 53.1 Å². The normalized spacial score (nSPS) is 11.9. The number of aromatic nitrogens is 4. The minimum Gasteiger partial charge on any atom is -0.495 e. The topological polar surface area (TPSA) is 81.9 Å². The fourth-order valence-electron chi connectivity index (χ4n) is 2.39. The second-order valence-electron chi connectivity index (χ2n) is 5.81. The van der Waals surface area contributed by atoms with E-state index in [-0.39, 0.29) is 5.91 Å². The zero-order chi connectivity index (χ0) is 19.4. The quantitative estimate of drug-likeness (QED) is 0.631. The minimum atomic E-state index is -0.431. The molecule has 7 nitrogen and oxygen atoms in total. The van der Waals surface area contributed by atoms with Crippen molar-refractivity contribution in [2.75, 3.05) is 12.4 Å². The standard InChI is InChI=1S/C18H18ClN5O2S/c1-11-7-8-16(26-3)15(9-11)20-17(25)12(2)27-18-21-22-23-24(18)14-6-4-5-13(19)10-14/h4-10,12H,1-3H3,(H,20,25)/t12-/m1/s1. The summed E-state index contributed by atoms with van der Waals surface area (Å²) in [7, 11) is 1.57. The number of nitrogens with zero attached hydrogens (tertiary/aromatic N) is 4. The summed E-state index contributed by atoms with van der Waals surface area (Å²) in [6.45, 7) is 3.74. The van der Waals surface area contributed by atoms with E-state index in [0.717, 1.165) is 11.3 Å². The van der Waals surface area contributed by atoms with Crippen LogP contribution in [-0.2, 0) is 4.79 Å². The predicted octanol–water partition coefficient (Wildman–Crippen LogP) is 3.75. The SMILES string of the molecule is COc1ccc(C)cc1NC(=O)[C@@H](C)Sc1nnnn1-c1cccc(Cl)c1. The van der Waals surface area contributed by atoms with E-state index in [1.807, 2.05) is 37.3 Å². The van der Waals surface area contributed by atoms with Crippen molar-refractivity contribution < 1.29 is 9.53 Å². The van der Waals surface area contributed by atoms with E-state index < -0.39 is 5.25 Å². The minimum absolute atomic E-state index is 0.176. The Morgan fingerprint density at radius 3 is 2.85 bits per heavy atom. The molecule has 0 saturated heterocycles. The Balaban J connectivity index is 1.75. The van der Waals surface area contributed by atoms with Crippen LogP contribution in [0.3, 0.4) is 0 Å². The number of aryl methyl sites for hydroxylation is 1. The Labute approximate surface area is 166 Å². The van der Waals surface area contributed by atoms with Crippen LogP contribution in [0, 0.1) is 6.92 Å². The number of ether oxygens (including phenoxy) is 1. The molecular weight excluding hydrogens is 386 g/mol. The molecule has 0 radical (unpaired) electrons. The van der Waals surface area contributed by atoms with Crippen molar-refractivity contribution in [3.63, 3.8) is 0 Å². The Morgan fingerprint density at radius 2 is 2.11 bits per heavy atom. The lowest BCUT2D eigenvalue weighted by molar-refractivity contribution is -0.115. The number of carbonyl (C=O) groups is 1. The van der Waals surface area contributed by atoms with Crippen LogP contribution in [0.15, 0.2) is 47.6 Å². The van der Waals surface area contributed by atoms with Crippen LogP contribution < -0.4 is 10.1 Å². The summed E-state index contributed by atoms with van der Waals surface area (Å²) in [5.41, 5.74) is 2.38. The maximum Gasteiger partial charge on any atom is 0.237 e. The largest absolute Gasteiger partial charge is 0.495 e. The van der Waals surface area contributed by atoms with Gasteiger partial charge in [0.15, 0.2) is 0 Å². The van der Waals surface area contributed by atoms with Crippen molar-refractivity contribution in [2.24, 2.45) is 0 Å². The molecule has 0 fully saturated rings. The fraction of sp³-hybridized carbons (Fsp3) is 0.222. The molecule has 0 aliphatic heterocycles. The van der Waals surface area contributed by atoms with Crippen LogP contribution in [-0.4, -0.2) is 38.5 Å². The molecule has 0 aliphatic rings. The predicted molar refractivity (Wildman–Crippen MR) is 106 cm³/mol. The number of hydrogen-bond acceptors (Lipinski definition) is 6. The number of benzene rings is 2. The highest BCUT2D eigenvalue weighted by Crippen LogP contribution is 2.28. The Bertz CT molecular complexity index is 962. The summed E-state index contributed by atoms with van der Waals surface area (Å²) >= 11 is 7.29. The number of thioether (sulfide) groups is 1. The number of tetrazole rings is 1. The molecule has 0 bridgehead atoms. The summed E-state index contributed by atoms with van der Waals surface area (Å²) in [5, 5.41) is 15.3. The summed E-state index contributed by atoms with van der Waals surface area (Å²) in [5.74, 6) is 0.430. The van der Waals surface area contributed by atoms with Crippen molar-refractivity contribution in [1.82, 2.24) is 20.2 Å². The van der Waals surface area contributed by atoms with Gasteiger partial charge in [-0.05, 0) is 60.2 Å². The van der Waals surface area contributed by atoms with Crippen LogP contribution >= 0.6 is 23.4 Å². The van der Waals surface area contributed by atoms with Gasteiger partial charge < -0.3 is 10.1 Å². The third kappa shape index (κ3) is 4.58. The maximum atomic E-state index is 12.6. The Hall–Kier alpha value is -2.58. The van der Waals surface area contributed by atoms with E-state index in [1.54, 1.807) is 30.8 Å². The van der Waals surface area contributed by atoms with E-state index in [1.165, 1.54) is 11.8 Å². The average molecular weight is 404 g/mol. The highest BCUT2D eigenvalue weighted by molar-refractivity contribution is 8.00. The number of carbonyl (C=O) groups excluding carboxylic acids is 1. The van der Waals surface area contributed by atoms with Crippen LogP contribution in [0.1, 0.15) is 12.5 Å². The van der Waals surface area contributed by atoms with Crippen LogP contribution in [0.2, 0.25) is 5.02 Å². The first-order valence-corrected chi connectivity index (χ1v) is 9.40. The molecular formula is C18H18ClN5O2S. The third-order valence-electron chi connectivity index (χ3n) is 3.76. The van der Waals surface area contributed by atoms with Gasteiger partial charge in [0.25, 0.3) is 0 Å². The maximum absolute atomic E-state index is 12.6. The molecule has 3 aromatic rings. The lowest BCUT2D eigenvalue weighted by atomic mass is 10.2. The summed E-state index contributed by atoms with van der Waals surface area (Å²) in [6, 6.07) is 12.8. The smallest absolute Gasteiger partial charge is 0.237 e. The van der Waals surface area contributed by atoms with Gasteiger partial charge in [0.05, 0.1) is 23.7 Å². The van der Waals surface area contributed by atoms with E-state index >= 15 is 0 Å². The lowest BCUT2D eigenvalue weighted by Crippen LogP contribution is -2.23. The number of rotatable bonds is 6. The number of anilines is 1. The zero-order valence-electron chi connectivity index (χ0n) is 15.0. The van der Waals surface area contributed by atoms with Gasteiger partial charge in [0.1, 0.15) is 5.75 Å². The number of hydrogen-bond donors (Lipinski definition) is 1. The Kier molecular flexibility index (Phi) is 5.98. The molecule has 3 rings (SSSR count). The number of halogens is 1. The van der Waals surface area contributed by atoms with Gasteiger partial charge in [-0.25, -0.2) is 0 Å². The lowest BCUT2D eigenvalue weighted by Gasteiger charge is -2.14. The van der Waals surface area contributed by atoms with E-state index in [2.05, 4.69) is 20.8 Å². The molecule has 0 spiro atoms. The summed E-state index contributed by atoms with van der Waals surface area (Å²) in [4.78, 5) is 12.6. The molecule has 1 aromatic heterocycles. The Morgan fingerprint density at radius 1 is 1.30 bits per heavy atom. The first-order valence-electron chi connectivity index (χ1n) is 8.14. The van der Waals surface area contributed by atoms with Crippen LogP contribution in [0.25, 0.3) is 5.69 Å².